The van der Waals surface area contributed by atoms with Gasteiger partial charge in [0.05, 0.1) is 88.5 Å². The zero-order chi connectivity index (χ0) is 97.9. The maximum Gasteiger partial charge on any atom is 0.303 e. The number of nitrogens with zero attached hydrogens (tertiary/aromatic N) is 21. The molecule has 63 heteroatoms. The third kappa shape index (κ3) is 28.6. The molecule has 21 aliphatic heterocycles. The van der Waals surface area contributed by atoms with Gasteiger partial charge in [-0.15, -0.1) is 0 Å². The molecule has 0 amide bonds. The molecule has 0 N–H and O–H groups in total. The molecule has 0 radical (unpaired) electrons. The molecule has 21 aliphatic rings. The summed E-state index contributed by atoms with van der Waals surface area (Å²) in [4.78, 5) is 213. The molecule has 0 aromatic rings. The van der Waals surface area contributed by atoms with Crippen molar-refractivity contribution in [2.45, 2.75) is 312 Å². The Morgan fingerprint density at radius 2 is 0.263 bits per heavy atom. The van der Waals surface area contributed by atoms with Gasteiger partial charge in [0.15, 0.2) is 129 Å². The van der Waals surface area contributed by atoms with Crippen LogP contribution in [-0.2, 0) is 200 Å². The molecule has 0 spiro atoms. The number of azide groups is 7. The first-order valence-corrected chi connectivity index (χ1v) is 39.8. The molecule has 0 saturated carbocycles. The predicted molar refractivity (Wildman–Crippen MR) is 411 cm³/mol. The Kier molecular flexibility index (Phi) is 39.4. The molecule has 63 nitrogen and oxygen atoms in total. The lowest BCUT2D eigenvalue weighted by Crippen LogP contribution is -2.70. The van der Waals surface area contributed by atoms with Gasteiger partial charge in [0.2, 0.25) is 0 Å². The van der Waals surface area contributed by atoms with Crippen molar-refractivity contribution in [3.63, 3.8) is 0 Å². The monoisotopic (exact) mass is 1900 g/mol. The summed E-state index contributed by atoms with van der Waals surface area (Å²) in [7, 11) is 0. The number of carbonyl (C=O) groups excluding carboxylic acids is 14. The second-order valence-corrected chi connectivity index (χ2v) is 29.4. The maximum absolute atomic E-state index is 13.8. The van der Waals surface area contributed by atoms with E-state index in [2.05, 4.69) is 70.2 Å². The molecule has 21 rings (SSSR count). The summed E-state index contributed by atoms with van der Waals surface area (Å²) in [6.45, 7) is 3.94. The molecular formula is C70H91N21O42. The van der Waals surface area contributed by atoms with E-state index in [-0.39, 0.29) is 0 Å². The molecule has 14 bridgehead atoms. The standard InChI is InChI=1S/C70H91N21O42/c1-22(92)106-50-43-36(15-78-85-71)120-64(57(50)113-29(8)99)128-44-37(16-79-86-72)122-66(59(115-31(10)101)51(44)107-23(2)93)130-46-39(18-81-88-74)124-68(61(117-33(12)103)53(46)109-25(4)95)132-48-41(20-83-90-76)126-70(63(119-35(14)105)55(48)111-27(6)97)133-49-42(21-84-91-77)125-69(62(118-34(13)104)56(49)112-28(7)98)131-47-40(19-82-89-75)123-67(60(116-32(11)102)54(47)110-26(5)96)129-45-38(17-80-87-73)121-65(127-43)58(114-30(9)100)52(45)108-24(3)94/h36-70H,15-21H2,1-14H3/t36?,37?,38?,39?,40?,41?,42?,43-,44-,45-,46-,47-,48-,49-,50-,51-,52-,53-,54-,55-,56+,57?,58?,59?,60?,61?,62?,63?,64-,65-,66-,67-,68+,69-,70-/m0/s1. The van der Waals surface area contributed by atoms with Gasteiger partial charge in [-0.1, -0.05) is 35.8 Å². The summed E-state index contributed by atoms with van der Waals surface area (Å²) < 4.78 is 174. The van der Waals surface area contributed by atoms with E-state index in [4.69, 9.17) is 133 Å². The fourth-order valence-electron chi connectivity index (χ4n) is 15.5. The van der Waals surface area contributed by atoms with Crippen LogP contribution in [0.15, 0.2) is 35.8 Å². The summed E-state index contributed by atoms with van der Waals surface area (Å²) >= 11 is 0. The Morgan fingerprint density at radius 1 is 0.173 bits per heavy atom. The van der Waals surface area contributed by atoms with Crippen LogP contribution in [0.25, 0.3) is 73.1 Å². The van der Waals surface area contributed by atoms with Gasteiger partial charge in [-0.2, -0.15) is 0 Å². The van der Waals surface area contributed by atoms with Gasteiger partial charge in [-0.25, -0.2) is 0 Å². The quantitative estimate of drug-likeness (QED) is 0.0355. The number of esters is 14. The largest absolute Gasteiger partial charge is 0.455 e. The van der Waals surface area contributed by atoms with Gasteiger partial charge in [-0.3, -0.25) is 67.1 Å². The van der Waals surface area contributed by atoms with Crippen molar-refractivity contribution in [2.75, 3.05) is 45.8 Å². The number of hydrogen-bond donors (Lipinski definition) is 0. The van der Waals surface area contributed by atoms with E-state index in [0.717, 1.165) is 96.9 Å². The van der Waals surface area contributed by atoms with Crippen molar-refractivity contribution in [3.8, 4) is 0 Å². The first-order chi connectivity index (χ1) is 63.2. The molecule has 21 heterocycles. The Bertz CT molecular complexity index is 3830. The Morgan fingerprint density at radius 3 is 0.346 bits per heavy atom. The molecule has 133 heavy (non-hydrogen) atoms. The number of carbonyl (C=O) groups is 14. The van der Waals surface area contributed by atoms with Gasteiger partial charge in [-0.05, 0) is 38.7 Å². The molecule has 14 unspecified atom stereocenters. The predicted octanol–water partition coefficient (Wildman–Crippen LogP) is 1.99. The fourth-order valence-corrected chi connectivity index (χ4v) is 15.5. The topological polar surface area (TPSA) is 839 Å². The third-order valence-electron chi connectivity index (χ3n) is 19.7. The highest BCUT2D eigenvalue weighted by molar-refractivity contribution is 5.72. The SMILES string of the molecule is CC(=O)OC1[C@@H]2OC(CN=[N+]=[N-])[C@H](O[C@@H]3OC(CN=[N+]=[N-])[C@H](O[C@@H]4OC(CN=[N+]=[N-])[C@H](O[C@@H]5OC(CN=[N+]=[N-])[C@H](O[C@@H]6OC(CN=[N+]=[N-])[C@H](O[C@@H]7OC(CN=[N+]=[N-])[C@H](O[C@@H]8OC(CN=[N+]=[N-])[C@H](O2)[C@H](OC(C)=O)C8OC(C)=O)[C@@H](OC(C)=O)C7OC(C)=O)[C@H](OC(C)=O)C6OC(C)=O)[C@H](OC(C)=O)C5OC(C)=O)[C@H](OC(C)=O)C4OC(C)=O)[C@H](OC(C)=O)C3OC(C)=O)[C@@H]1OC(C)=O. The fraction of sp³-hybridized carbons (Fsp3) is 0.800. The highest BCUT2D eigenvalue weighted by atomic mass is 16.8. The lowest BCUT2D eigenvalue weighted by molar-refractivity contribution is -0.391. The van der Waals surface area contributed by atoms with E-state index in [1.165, 1.54) is 0 Å². The minimum absolute atomic E-state index is 0.796. The molecule has 35 atom stereocenters. The van der Waals surface area contributed by atoms with E-state index >= 15 is 0 Å². The van der Waals surface area contributed by atoms with E-state index in [1.54, 1.807) is 0 Å². The Balaban J connectivity index is 1.49. The molecule has 21 fully saturated rings. The van der Waals surface area contributed by atoms with Crippen LogP contribution in [0.1, 0.15) is 96.9 Å². The summed E-state index contributed by atoms with van der Waals surface area (Å²) in [6, 6.07) is 0. The number of hydrogen-bond acceptors (Lipinski definition) is 49. The Labute approximate surface area is 747 Å². The summed E-state index contributed by atoms with van der Waals surface area (Å²) in [6.07, 6.45) is -79.7. The summed E-state index contributed by atoms with van der Waals surface area (Å²) in [5.74, 6) is -18.1. The van der Waals surface area contributed by atoms with Gasteiger partial charge in [0.25, 0.3) is 0 Å². The second-order valence-electron chi connectivity index (χ2n) is 29.4. The molecule has 21 saturated heterocycles. The van der Waals surface area contributed by atoms with Gasteiger partial charge in [0.1, 0.15) is 42.7 Å². The zero-order valence-electron chi connectivity index (χ0n) is 72.7. The van der Waals surface area contributed by atoms with Gasteiger partial charge < -0.3 is 133 Å². The van der Waals surface area contributed by atoms with Crippen molar-refractivity contribution in [2.24, 2.45) is 35.8 Å². The van der Waals surface area contributed by atoms with E-state index in [0.29, 0.717) is 0 Å². The van der Waals surface area contributed by atoms with Crippen molar-refractivity contribution in [3.05, 3.63) is 73.1 Å². The maximum atomic E-state index is 13.8. The lowest BCUT2D eigenvalue weighted by Gasteiger charge is -2.52. The average molecular weight is 1900 g/mol. The third-order valence-corrected chi connectivity index (χ3v) is 19.7. The van der Waals surface area contributed by atoms with Gasteiger partial charge in [0, 0.05) is 131 Å². The van der Waals surface area contributed by atoms with Crippen LogP contribution in [-0.4, -0.2) is 344 Å². The Hall–Kier alpha value is -12.8. The van der Waals surface area contributed by atoms with Crippen molar-refractivity contribution < 1.29 is 200 Å². The first-order valence-electron chi connectivity index (χ1n) is 39.8. The normalized spacial score (nSPS) is 35.6. The van der Waals surface area contributed by atoms with Crippen LogP contribution in [0.4, 0.5) is 0 Å². The van der Waals surface area contributed by atoms with Crippen LogP contribution in [0.5, 0.6) is 0 Å². The van der Waals surface area contributed by atoms with Crippen LogP contribution in [0.2, 0.25) is 0 Å². The highest BCUT2D eigenvalue weighted by Crippen LogP contribution is 2.45. The average Bonchev–Trinajstić information content (AvgIpc) is 0.857. The second kappa shape index (κ2) is 49.6. The molecule has 0 aliphatic carbocycles. The molecule has 0 aromatic heterocycles. The minimum atomic E-state index is -2.42. The van der Waals surface area contributed by atoms with E-state index in [9.17, 15) is 106 Å². The van der Waals surface area contributed by atoms with Crippen molar-refractivity contribution in [1.29, 1.82) is 0 Å². The van der Waals surface area contributed by atoms with Crippen LogP contribution in [0, 0.1) is 0 Å². The summed E-state index contributed by atoms with van der Waals surface area (Å²) in [5, 5.41) is 25.5. The lowest BCUT2D eigenvalue weighted by atomic mass is 9.94. The van der Waals surface area contributed by atoms with E-state index in [1.807, 2.05) is 0 Å². The molecule has 728 valence electrons. The molecule has 0 aromatic carbocycles. The highest BCUT2D eigenvalue weighted by Gasteiger charge is 2.66. The van der Waals surface area contributed by atoms with Gasteiger partial charge >= 0.3 is 83.6 Å². The van der Waals surface area contributed by atoms with Crippen LogP contribution < -0.4 is 0 Å². The summed E-state index contributed by atoms with van der Waals surface area (Å²) in [5.41, 5.74) is 70.3. The van der Waals surface area contributed by atoms with E-state index < -0.39 is 344 Å². The minimum Gasteiger partial charge on any atom is -0.455 e. The van der Waals surface area contributed by atoms with Crippen molar-refractivity contribution >= 4 is 83.6 Å². The smallest absolute Gasteiger partial charge is 0.303 e. The van der Waals surface area contributed by atoms with Crippen LogP contribution >= 0.6 is 0 Å². The van der Waals surface area contributed by atoms with Crippen molar-refractivity contribution in [1.82, 2.24) is 0 Å². The number of rotatable bonds is 28. The number of ether oxygens (including phenoxy) is 28. The molecular weight excluding hydrogens is 1810 g/mol. The first kappa shape index (κ1) is 106. The van der Waals surface area contributed by atoms with Crippen LogP contribution in [0.3, 0.4) is 0 Å². The zero-order valence-corrected chi connectivity index (χ0v) is 72.7.